The van der Waals surface area contributed by atoms with Crippen molar-refractivity contribution in [3.63, 3.8) is 0 Å². The van der Waals surface area contributed by atoms with Gasteiger partial charge in [-0.25, -0.2) is 0 Å². The van der Waals surface area contributed by atoms with Crippen molar-refractivity contribution in [2.24, 2.45) is 5.16 Å². The monoisotopic (exact) mass is 197 g/mol. The number of hydrogen-bond acceptors (Lipinski definition) is 5. The van der Waals surface area contributed by atoms with Gasteiger partial charge < -0.3 is 19.8 Å². The maximum atomic E-state index is 9.52. The molecule has 1 rings (SSSR count). The molecule has 76 valence electrons. The molecule has 0 aliphatic rings. The fourth-order valence-electron chi connectivity index (χ4n) is 1.05. The van der Waals surface area contributed by atoms with Gasteiger partial charge in [-0.15, -0.1) is 0 Å². The third-order valence-corrected chi connectivity index (χ3v) is 1.71. The second-order valence-corrected chi connectivity index (χ2v) is 2.52. The number of methoxy groups -OCH3 is 2. The SMILES string of the molecule is COc1cc(C=NO)cc(OC)c1O. The number of ether oxygens (including phenoxy) is 2. The summed E-state index contributed by atoms with van der Waals surface area (Å²) in [6.45, 7) is 0. The molecule has 0 heterocycles. The number of phenols is 1. The largest absolute Gasteiger partial charge is 0.502 e. The molecule has 0 saturated heterocycles. The Labute approximate surface area is 81.2 Å². The number of phenolic OH excluding ortho intramolecular Hbond substituents is 1. The van der Waals surface area contributed by atoms with E-state index in [1.54, 1.807) is 0 Å². The summed E-state index contributed by atoms with van der Waals surface area (Å²) >= 11 is 0. The van der Waals surface area contributed by atoms with E-state index in [0.29, 0.717) is 5.56 Å². The number of oxime groups is 1. The molecule has 1 aromatic rings. The molecule has 0 fully saturated rings. The molecule has 5 nitrogen and oxygen atoms in total. The molecule has 0 aliphatic carbocycles. The smallest absolute Gasteiger partial charge is 0.200 e. The van der Waals surface area contributed by atoms with Gasteiger partial charge in [0.25, 0.3) is 0 Å². The second kappa shape index (κ2) is 4.36. The molecule has 2 N–H and O–H groups in total. The Morgan fingerprint density at radius 1 is 1.21 bits per heavy atom. The van der Waals surface area contributed by atoms with Crippen LogP contribution in [0.5, 0.6) is 17.2 Å². The van der Waals surface area contributed by atoms with Gasteiger partial charge in [-0.1, -0.05) is 5.16 Å². The molecule has 0 unspecified atom stereocenters. The van der Waals surface area contributed by atoms with E-state index in [0.717, 1.165) is 0 Å². The minimum absolute atomic E-state index is 0.0786. The van der Waals surface area contributed by atoms with Gasteiger partial charge in [0.2, 0.25) is 5.75 Å². The fourth-order valence-corrected chi connectivity index (χ4v) is 1.05. The highest BCUT2D eigenvalue weighted by Crippen LogP contribution is 2.36. The molecule has 0 atom stereocenters. The van der Waals surface area contributed by atoms with E-state index in [1.165, 1.54) is 32.6 Å². The lowest BCUT2D eigenvalue weighted by molar-refractivity contribution is 0.321. The van der Waals surface area contributed by atoms with Crippen LogP contribution < -0.4 is 9.47 Å². The zero-order valence-electron chi connectivity index (χ0n) is 7.89. The normalized spacial score (nSPS) is 10.4. The highest BCUT2D eigenvalue weighted by Gasteiger charge is 2.09. The van der Waals surface area contributed by atoms with Crippen LogP contribution in [-0.4, -0.2) is 30.7 Å². The maximum absolute atomic E-state index is 9.52. The van der Waals surface area contributed by atoms with Crippen molar-refractivity contribution in [2.75, 3.05) is 14.2 Å². The van der Waals surface area contributed by atoms with Gasteiger partial charge in [0, 0.05) is 5.56 Å². The summed E-state index contributed by atoms with van der Waals surface area (Å²) in [6.07, 6.45) is 1.21. The molecule has 0 radical (unpaired) electrons. The van der Waals surface area contributed by atoms with E-state index >= 15 is 0 Å². The summed E-state index contributed by atoms with van der Waals surface area (Å²) in [5, 5.41) is 20.7. The van der Waals surface area contributed by atoms with Crippen LogP contribution in [0.4, 0.5) is 0 Å². The van der Waals surface area contributed by atoms with Crippen molar-refractivity contribution >= 4 is 6.21 Å². The molecule has 0 bridgehead atoms. The zero-order valence-corrected chi connectivity index (χ0v) is 7.89. The number of nitrogens with zero attached hydrogens (tertiary/aromatic N) is 1. The van der Waals surface area contributed by atoms with E-state index in [1.807, 2.05) is 0 Å². The summed E-state index contributed by atoms with van der Waals surface area (Å²) in [4.78, 5) is 0. The quantitative estimate of drug-likeness (QED) is 0.434. The van der Waals surface area contributed by atoms with Crippen LogP contribution >= 0.6 is 0 Å². The Morgan fingerprint density at radius 3 is 2.07 bits per heavy atom. The van der Waals surface area contributed by atoms with Crippen LogP contribution in [0, 0.1) is 0 Å². The van der Waals surface area contributed by atoms with Crippen molar-refractivity contribution < 1.29 is 19.8 Å². The highest BCUT2D eigenvalue weighted by molar-refractivity contribution is 5.81. The minimum atomic E-state index is -0.0786. The first-order chi connectivity index (χ1) is 6.72. The lowest BCUT2D eigenvalue weighted by Crippen LogP contribution is -1.92. The molecule has 0 aliphatic heterocycles. The standard InChI is InChI=1S/C9H11NO4/c1-13-7-3-6(5-10-12)4-8(14-2)9(7)11/h3-5,11-12H,1-2H3. The van der Waals surface area contributed by atoms with Crippen LogP contribution in [0.3, 0.4) is 0 Å². The van der Waals surface area contributed by atoms with Gasteiger partial charge >= 0.3 is 0 Å². The predicted octanol–water partition coefficient (Wildman–Crippen LogP) is 1.22. The maximum Gasteiger partial charge on any atom is 0.200 e. The van der Waals surface area contributed by atoms with Gasteiger partial charge in [0.05, 0.1) is 20.4 Å². The summed E-state index contributed by atoms with van der Waals surface area (Å²) in [7, 11) is 2.85. The average Bonchev–Trinajstić information content (AvgIpc) is 2.20. The van der Waals surface area contributed by atoms with E-state index in [-0.39, 0.29) is 17.2 Å². The van der Waals surface area contributed by atoms with Gasteiger partial charge in [-0.05, 0) is 12.1 Å². The molecule has 0 spiro atoms. The number of benzene rings is 1. The van der Waals surface area contributed by atoms with Gasteiger partial charge in [-0.2, -0.15) is 0 Å². The molecule has 1 aromatic carbocycles. The van der Waals surface area contributed by atoms with Crippen LogP contribution in [0.15, 0.2) is 17.3 Å². The van der Waals surface area contributed by atoms with Gasteiger partial charge in [0.15, 0.2) is 11.5 Å². The summed E-state index contributed by atoms with van der Waals surface area (Å²) in [5.74, 6) is 0.448. The lowest BCUT2D eigenvalue weighted by atomic mass is 10.2. The molecular formula is C9H11NO4. The summed E-state index contributed by atoms with van der Waals surface area (Å²) in [5.41, 5.74) is 0.569. The minimum Gasteiger partial charge on any atom is -0.502 e. The van der Waals surface area contributed by atoms with Crippen LogP contribution in [0.1, 0.15) is 5.56 Å². The van der Waals surface area contributed by atoms with E-state index in [2.05, 4.69) is 5.16 Å². The Balaban J connectivity index is 3.24. The Hall–Kier alpha value is -1.91. The van der Waals surface area contributed by atoms with E-state index in [9.17, 15) is 5.11 Å². The van der Waals surface area contributed by atoms with Crippen LogP contribution in [0.25, 0.3) is 0 Å². The Morgan fingerprint density at radius 2 is 1.71 bits per heavy atom. The number of hydrogen-bond donors (Lipinski definition) is 2. The second-order valence-electron chi connectivity index (χ2n) is 2.52. The number of rotatable bonds is 3. The lowest BCUT2D eigenvalue weighted by Gasteiger charge is -2.08. The first-order valence-electron chi connectivity index (χ1n) is 3.85. The highest BCUT2D eigenvalue weighted by atomic mass is 16.5. The predicted molar refractivity (Wildman–Crippen MR) is 50.6 cm³/mol. The zero-order chi connectivity index (χ0) is 10.6. The Kier molecular flexibility index (Phi) is 3.17. The van der Waals surface area contributed by atoms with Gasteiger partial charge in [0.1, 0.15) is 0 Å². The molecule has 0 saturated carbocycles. The van der Waals surface area contributed by atoms with Crippen molar-refractivity contribution in [3.8, 4) is 17.2 Å². The summed E-state index contributed by atoms with van der Waals surface area (Å²) in [6, 6.07) is 3.05. The Bertz CT molecular complexity index is 324. The van der Waals surface area contributed by atoms with E-state index < -0.39 is 0 Å². The van der Waals surface area contributed by atoms with Crippen molar-refractivity contribution in [2.45, 2.75) is 0 Å². The molecule has 0 amide bonds. The van der Waals surface area contributed by atoms with Crippen LogP contribution in [-0.2, 0) is 0 Å². The fraction of sp³-hybridized carbons (Fsp3) is 0.222. The third kappa shape index (κ3) is 1.87. The summed E-state index contributed by atoms with van der Waals surface area (Å²) < 4.78 is 9.80. The third-order valence-electron chi connectivity index (χ3n) is 1.71. The molecular weight excluding hydrogens is 186 g/mol. The molecule has 5 heteroatoms. The van der Waals surface area contributed by atoms with Crippen molar-refractivity contribution in [3.05, 3.63) is 17.7 Å². The van der Waals surface area contributed by atoms with E-state index in [4.69, 9.17) is 14.7 Å². The number of aromatic hydroxyl groups is 1. The molecule has 14 heavy (non-hydrogen) atoms. The van der Waals surface area contributed by atoms with Crippen molar-refractivity contribution in [1.29, 1.82) is 0 Å². The van der Waals surface area contributed by atoms with Gasteiger partial charge in [-0.3, -0.25) is 0 Å². The van der Waals surface area contributed by atoms with Crippen LogP contribution in [0.2, 0.25) is 0 Å². The molecule has 0 aromatic heterocycles. The van der Waals surface area contributed by atoms with Crippen molar-refractivity contribution in [1.82, 2.24) is 0 Å². The average molecular weight is 197 g/mol. The topological polar surface area (TPSA) is 71.3 Å². The first-order valence-corrected chi connectivity index (χ1v) is 3.85. The first kappa shape index (κ1) is 10.2.